The van der Waals surface area contributed by atoms with Crippen LogP contribution in [0.5, 0.6) is 0 Å². The molecule has 2 bridgehead atoms. The fourth-order valence-corrected chi connectivity index (χ4v) is 8.45. The summed E-state index contributed by atoms with van der Waals surface area (Å²) in [5.74, 6) is -6.40. The van der Waals surface area contributed by atoms with Crippen molar-refractivity contribution in [3.63, 3.8) is 0 Å². The van der Waals surface area contributed by atoms with Crippen LogP contribution in [0.3, 0.4) is 0 Å². The van der Waals surface area contributed by atoms with Crippen LogP contribution in [0, 0.1) is 11.8 Å². The van der Waals surface area contributed by atoms with Gasteiger partial charge in [-0.15, -0.1) is 11.8 Å². The number of para-hydroxylation sites is 1. The number of amides is 8. The molecule has 1 fully saturated rings. The Hall–Kier alpha value is -5.17. The third-order valence-corrected chi connectivity index (χ3v) is 12.3. The summed E-state index contributed by atoms with van der Waals surface area (Å²) in [6, 6.07) is 0.121. The van der Waals surface area contributed by atoms with E-state index in [1.54, 1.807) is 26.8 Å². The molecule has 316 valence electrons. The smallest absolute Gasteiger partial charge is 0.245 e. The van der Waals surface area contributed by atoms with Crippen LogP contribution in [0.15, 0.2) is 29.3 Å². The SMILES string of the molecule is CC[C@H]1NC(=O)[C@@H]2CSc3[nH]c4ccccc4c3CC(NC(=O)[C@H]([C@@H](C)CC)NC(=O)[C@@H]3C[C@@H](O)CN3C1=O)C(=O)NCC(=O)N[C@@H]([C@@H](C)CC)C(=O)NCC(=O)N2. The first-order valence-corrected chi connectivity index (χ1v) is 20.9. The zero-order valence-electron chi connectivity index (χ0n) is 33.4. The molecule has 0 spiro atoms. The summed E-state index contributed by atoms with van der Waals surface area (Å²) in [6.07, 6.45) is -0.241. The highest BCUT2D eigenvalue weighted by Crippen LogP contribution is 2.32. The molecule has 3 aliphatic heterocycles. The first-order valence-electron chi connectivity index (χ1n) is 19.9. The zero-order valence-corrected chi connectivity index (χ0v) is 34.3. The van der Waals surface area contributed by atoms with Gasteiger partial charge < -0.3 is 52.2 Å². The molecule has 1 unspecified atom stereocenters. The second-order valence-electron chi connectivity index (χ2n) is 15.3. The number of carbonyl (C=O) groups excluding carboxylic acids is 8. The van der Waals surface area contributed by atoms with Crippen molar-refractivity contribution in [1.29, 1.82) is 0 Å². The summed E-state index contributed by atoms with van der Waals surface area (Å²) < 4.78 is 0. The number of aromatic nitrogens is 1. The Morgan fingerprint density at radius 3 is 2.05 bits per heavy atom. The van der Waals surface area contributed by atoms with Crippen molar-refractivity contribution < 1.29 is 43.5 Å². The van der Waals surface area contributed by atoms with Gasteiger partial charge in [-0.05, 0) is 29.9 Å². The number of thioether (sulfide) groups is 1. The number of aliphatic hydroxyl groups is 1. The molecule has 18 nitrogen and oxygen atoms in total. The van der Waals surface area contributed by atoms with E-state index in [2.05, 4.69) is 42.2 Å². The fraction of sp³-hybridized carbons (Fsp3) is 0.590. The zero-order chi connectivity index (χ0) is 42.3. The minimum absolute atomic E-state index is 0.0751. The summed E-state index contributed by atoms with van der Waals surface area (Å²) in [5.41, 5.74) is 1.29. The second kappa shape index (κ2) is 19.5. The maximum Gasteiger partial charge on any atom is 0.245 e. The Kier molecular flexibility index (Phi) is 14.8. The Morgan fingerprint density at radius 2 is 1.38 bits per heavy atom. The van der Waals surface area contributed by atoms with Crippen LogP contribution in [0.25, 0.3) is 10.9 Å². The average molecular weight is 826 g/mol. The lowest BCUT2D eigenvalue weighted by atomic mass is 9.96. The molecule has 9 N–H and O–H groups in total. The number of carbonyl (C=O) groups is 8. The molecule has 8 amide bonds. The average Bonchev–Trinajstić information content (AvgIpc) is 3.78. The van der Waals surface area contributed by atoms with Crippen LogP contribution in [-0.2, 0) is 44.8 Å². The monoisotopic (exact) mass is 825 g/mol. The summed E-state index contributed by atoms with van der Waals surface area (Å²) in [6.45, 7) is 7.55. The van der Waals surface area contributed by atoms with Crippen LogP contribution >= 0.6 is 11.8 Å². The maximum atomic E-state index is 14.3. The number of aliphatic hydroxyl groups excluding tert-OH is 1. The van der Waals surface area contributed by atoms with Gasteiger partial charge in [0, 0.05) is 36.0 Å². The van der Waals surface area contributed by atoms with Gasteiger partial charge in [-0.2, -0.15) is 0 Å². The third-order valence-electron chi connectivity index (χ3n) is 11.2. The molecule has 1 aromatic heterocycles. The van der Waals surface area contributed by atoms with Crippen molar-refractivity contribution in [3.8, 4) is 0 Å². The van der Waals surface area contributed by atoms with Crippen molar-refractivity contribution in [2.24, 2.45) is 11.8 Å². The van der Waals surface area contributed by atoms with Crippen LogP contribution in [0.4, 0.5) is 0 Å². The summed E-state index contributed by atoms with van der Waals surface area (Å²) in [5, 5.41) is 30.7. The molecule has 0 saturated carbocycles. The lowest BCUT2D eigenvalue weighted by Crippen LogP contribution is -2.61. The normalized spacial score (nSPS) is 28.4. The number of benzene rings is 1. The summed E-state index contributed by atoms with van der Waals surface area (Å²) >= 11 is 1.17. The van der Waals surface area contributed by atoms with Crippen molar-refractivity contribution >= 4 is 69.9 Å². The topological polar surface area (TPSA) is 260 Å². The predicted molar refractivity (Wildman–Crippen MR) is 214 cm³/mol. The van der Waals surface area contributed by atoms with Gasteiger partial charge in [-0.1, -0.05) is 65.7 Å². The Morgan fingerprint density at radius 1 is 0.741 bits per heavy atom. The van der Waals surface area contributed by atoms with Crippen LogP contribution in [-0.4, -0.2) is 130 Å². The Balaban J connectivity index is 1.65. The number of rotatable bonds is 5. The van der Waals surface area contributed by atoms with Gasteiger partial charge >= 0.3 is 0 Å². The van der Waals surface area contributed by atoms with E-state index >= 15 is 0 Å². The lowest BCUT2D eigenvalue weighted by molar-refractivity contribution is -0.143. The molecule has 3 aliphatic rings. The number of H-pyrrole nitrogens is 1. The van der Waals surface area contributed by atoms with Crippen molar-refractivity contribution in [3.05, 3.63) is 29.8 Å². The molecule has 4 heterocycles. The van der Waals surface area contributed by atoms with E-state index in [9.17, 15) is 43.5 Å². The number of nitrogens with zero attached hydrogens (tertiary/aromatic N) is 1. The van der Waals surface area contributed by atoms with E-state index in [0.29, 0.717) is 34.3 Å². The number of hydrogen-bond acceptors (Lipinski definition) is 10. The molecule has 19 heteroatoms. The molecule has 58 heavy (non-hydrogen) atoms. The number of nitrogens with one attached hydrogen (secondary N) is 8. The summed E-state index contributed by atoms with van der Waals surface area (Å²) in [4.78, 5) is 115. The van der Waals surface area contributed by atoms with Gasteiger partial charge in [0.1, 0.15) is 36.3 Å². The van der Waals surface area contributed by atoms with Crippen molar-refractivity contribution in [1.82, 2.24) is 47.1 Å². The molecular formula is C39H55N9O9S. The fourth-order valence-electron chi connectivity index (χ4n) is 7.33. The van der Waals surface area contributed by atoms with Gasteiger partial charge in [0.25, 0.3) is 0 Å². The van der Waals surface area contributed by atoms with E-state index < -0.39 is 109 Å². The minimum atomic E-state index is -1.30. The van der Waals surface area contributed by atoms with E-state index in [1.807, 2.05) is 32.0 Å². The molecule has 1 aromatic carbocycles. The predicted octanol–water partition coefficient (Wildman–Crippen LogP) is -1.05. The molecule has 0 aliphatic carbocycles. The molecule has 0 radical (unpaired) electrons. The quantitative estimate of drug-likeness (QED) is 0.177. The van der Waals surface area contributed by atoms with E-state index in [-0.39, 0.29) is 37.5 Å². The van der Waals surface area contributed by atoms with Crippen molar-refractivity contribution in [2.75, 3.05) is 25.4 Å². The minimum Gasteiger partial charge on any atom is -0.391 e. The Labute approximate surface area is 340 Å². The highest BCUT2D eigenvalue weighted by Gasteiger charge is 2.43. The lowest BCUT2D eigenvalue weighted by Gasteiger charge is -2.32. The summed E-state index contributed by atoms with van der Waals surface area (Å²) in [7, 11) is 0. The van der Waals surface area contributed by atoms with Crippen molar-refractivity contribution in [2.45, 2.75) is 114 Å². The van der Waals surface area contributed by atoms with Gasteiger partial charge in [-0.25, -0.2) is 0 Å². The van der Waals surface area contributed by atoms with Crippen LogP contribution < -0.4 is 37.2 Å². The molecule has 2 aromatic rings. The van der Waals surface area contributed by atoms with Gasteiger partial charge in [0.15, 0.2) is 0 Å². The number of fused-ring (bicyclic) bond motifs is 5. The maximum absolute atomic E-state index is 14.3. The molecule has 5 rings (SSSR count). The largest absolute Gasteiger partial charge is 0.391 e. The molecular weight excluding hydrogens is 771 g/mol. The highest BCUT2D eigenvalue weighted by atomic mass is 32.2. The van der Waals surface area contributed by atoms with Crippen LogP contribution in [0.2, 0.25) is 0 Å². The number of aromatic amines is 1. The molecule has 1 saturated heterocycles. The van der Waals surface area contributed by atoms with Gasteiger partial charge in [-0.3, -0.25) is 38.4 Å². The number of hydrogen-bond donors (Lipinski definition) is 9. The van der Waals surface area contributed by atoms with E-state index in [1.165, 1.54) is 16.7 Å². The first kappa shape index (κ1) is 43.9. The van der Waals surface area contributed by atoms with E-state index in [4.69, 9.17) is 0 Å². The third kappa shape index (κ3) is 10.3. The van der Waals surface area contributed by atoms with Gasteiger partial charge in [0.05, 0.1) is 24.2 Å². The second-order valence-corrected chi connectivity index (χ2v) is 16.3. The van der Waals surface area contributed by atoms with E-state index in [0.717, 1.165) is 0 Å². The molecule has 9 atom stereocenters. The van der Waals surface area contributed by atoms with Crippen LogP contribution in [0.1, 0.15) is 65.9 Å². The highest BCUT2D eigenvalue weighted by molar-refractivity contribution is 7.99. The van der Waals surface area contributed by atoms with Gasteiger partial charge in [0.2, 0.25) is 47.3 Å². The first-order chi connectivity index (χ1) is 27.6. The standard InChI is InChI=1S/C39H55N9O9S/c1-6-19(4)31-36(55)41-15-29(50)42-27-18-58-38-23(22-11-9-10-12-25(22)45-38)14-26(33(52)40-16-30(51)46-31)44-37(56)32(20(5)7-2)47-35(54)28-13-21(49)17-48(28)39(57)24(8-3)43-34(27)53/h9-12,19-21,24,26-28,31-32,45,49H,6-8,13-18H2,1-5H3,(H,40,52)(H,41,55)(H,42,50)(H,43,53)(H,44,56)(H,46,51)(H,47,54)/t19-,20-,21+,24+,26?,27-,28-,31-,32-/m0/s1. The Bertz CT molecular complexity index is 1910.